The second kappa shape index (κ2) is 5.66. The number of rotatable bonds is 4. The van der Waals surface area contributed by atoms with Crippen LogP contribution >= 0.6 is 0 Å². The Labute approximate surface area is 111 Å². The topological polar surface area (TPSA) is 96.4 Å². The summed E-state index contributed by atoms with van der Waals surface area (Å²) in [5, 5.41) is 8.88. The number of nitrogens with one attached hydrogen (secondary N) is 1. The monoisotopic (exact) mass is 284 g/mol. The number of sulfonamides is 1. The van der Waals surface area contributed by atoms with E-state index in [1.807, 2.05) is 0 Å². The van der Waals surface area contributed by atoms with Gasteiger partial charge in [-0.1, -0.05) is 6.07 Å². The van der Waals surface area contributed by atoms with Crippen molar-refractivity contribution in [1.82, 2.24) is 9.71 Å². The predicted molar refractivity (Wildman–Crippen MR) is 67.9 cm³/mol. The second-order valence-electron chi connectivity index (χ2n) is 4.68. The molecule has 1 saturated carbocycles. The molecule has 2 N–H and O–H groups in total. The van der Waals surface area contributed by atoms with Crippen LogP contribution in [0.2, 0.25) is 0 Å². The first-order chi connectivity index (χ1) is 8.99. The Morgan fingerprint density at radius 1 is 1.26 bits per heavy atom. The zero-order chi connectivity index (χ0) is 13.9. The van der Waals surface area contributed by atoms with Crippen molar-refractivity contribution < 1.29 is 18.3 Å². The number of hydrogen-bond donors (Lipinski definition) is 2. The standard InChI is InChI=1S/C12H16N2O4S/c15-12(16)9-4-6-10(7-5-9)14-19(17,18)11-3-1-2-8-13-11/h1-3,8-10,14H,4-7H2,(H,15,16)/t9-,10-. The SMILES string of the molecule is O=C(O)[C@H]1CC[C@H](NS(=O)(=O)c2ccccn2)CC1. The summed E-state index contributed by atoms with van der Waals surface area (Å²) in [5.41, 5.74) is 0. The lowest BCUT2D eigenvalue weighted by Gasteiger charge is -2.26. The second-order valence-corrected chi connectivity index (χ2v) is 6.34. The average Bonchev–Trinajstić information content (AvgIpc) is 2.40. The van der Waals surface area contributed by atoms with Gasteiger partial charge < -0.3 is 5.11 Å². The van der Waals surface area contributed by atoms with Crippen LogP contribution in [0.1, 0.15) is 25.7 Å². The fraction of sp³-hybridized carbons (Fsp3) is 0.500. The molecule has 104 valence electrons. The molecule has 0 amide bonds. The highest BCUT2D eigenvalue weighted by molar-refractivity contribution is 7.89. The molecule has 1 aliphatic rings. The van der Waals surface area contributed by atoms with E-state index in [2.05, 4.69) is 9.71 Å². The van der Waals surface area contributed by atoms with Gasteiger partial charge in [0, 0.05) is 12.2 Å². The van der Waals surface area contributed by atoms with Gasteiger partial charge in [-0.25, -0.2) is 18.1 Å². The third-order valence-corrected chi connectivity index (χ3v) is 4.75. The van der Waals surface area contributed by atoms with Crippen LogP contribution in [0.4, 0.5) is 0 Å². The number of nitrogens with zero attached hydrogens (tertiary/aromatic N) is 1. The van der Waals surface area contributed by atoms with Crippen LogP contribution in [0, 0.1) is 5.92 Å². The van der Waals surface area contributed by atoms with Crippen LogP contribution < -0.4 is 4.72 Å². The Hall–Kier alpha value is -1.47. The molecule has 7 heteroatoms. The lowest BCUT2D eigenvalue weighted by Crippen LogP contribution is -2.38. The lowest BCUT2D eigenvalue weighted by molar-refractivity contribution is -0.142. The molecule has 0 bridgehead atoms. The van der Waals surface area contributed by atoms with Gasteiger partial charge in [0.1, 0.15) is 0 Å². The Kier molecular flexibility index (Phi) is 4.16. The molecule has 1 heterocycles. The molecule has 19 heavy (non-hydrogen) atoms. The highest BCUT2D eigenvalue weighted by atomic mass is 32.2. The summed E-state index contributed by atoms with van der Waals surface area (Å²) in [6.45, 7) is 0. The van der Waals surface area contributed by atoms with Crippen molar-refractivity contribution in [2.24, 2.45) is 5.92 Å². The van der Waals surface area contributed by atoms with Crippen LogP contribution in [-0.4, -0.2) is 30.5 Å². The fourth-order valence-corrected chi connectivity index (χ4v) is 3.50. The first-order valence-electron chi connectivity index (χ1n) is 6.15. The molecule has 1 aromatic heterocycles. The summed E-state index contributed by atoms with van der Waals surface area (Å²) in [6, 6.07) is 4.49. The highest BCUT2D eigenvalue weighted by Crippen LogP contribution is 2.25. The number of hydrogen-bond acceptors (Lipinski definition) is 4. The molecular weight excluding hydrogens is 268 g/mol. The molecule has 0 aliphatic heterocycles. The van der Waals surface area contributed by atoms with Gasteiger partial charge in [-0.15, -0.1) is 0 Å². The lowest BCUT2D eigenvalue weighted by atomic mass is 9.87. The summed E-state index contributed by atoms with van der Waals surface area (Å²) >= 11 is 0. The van der Waals surface area contributed by atoms with E-state index in [9.17, 15) is 13.2 Å². The van der Waals surface area contributed by atoms with E-state index in [0.29, 0.717) is 25.7 Å². The first-order valence-corrected chi connectivity index (χ1v) is 7.63. The number of aromatic nitrogens is 1. The largest absolute Gasteiger partial charge is 0.481 e. The average molecular weight is 284 g/mol. The number of pyridine rings is 1. The van der Waals surface area contributed by atoms with Crippen molar-refractivity contribution in [1.29, 1.82) is 0 Å². The zero-order valence-corrected chi connectivity index (χ0v) is 11.1. The quantitative estimate of drug-likeness (QED) is 0.860. The van der Waals surface area contributed by atoms with Crippen LogP contribution in [0.3, 0.4) is 0 Å². The Balaban J connectivity index is 1.98. The van der Waals surface area contributed by atoms with Crippen LogP contribution in [0.25, 0.3) is 0 Å². The first kappa shape index (κ1) is 14.0. The number of carbonyl (C=O) groups is 1. The van der Waals surface area contributed by atoms with Gasteiger partial charge in [0.05, 0.1) is 5.92 Å². The van der Waals surface area contributed by atoms with Crippen LogP contribution in [0.15, 0.2) is 29.4 Å². The van der Waals surface area contributed by atoms with Gasteiger partial charge in [-0.05, 0) is 37.8 Å². The van der Waals surface area contributed by atoms with Gasteiger partial charge in [-0.3, -0.25) is 4.79 Å². The maximum atomic E-state index is 12.0. The maximum Gasteiger partial charge on any atom is 0.306 e. The van der Waals surface area contributed by atoms with Gasteiger partial charge >= 0.3 is 5.97 Å². The molecule has 6 nitrogen and oxygen atoms in total. The van der Waals surface area contributed by atoms with Gasteiger partial charge in [0.25, 0.3) is 10.0 Å². The molecular formula is C12H16N2O4S. The molecule has 1 aromatic rings. The number of aliphatic carboxylic acids is 1. The molecule has 1 aliphatic carbocycles. The number of carboxylic acid groups (broad SMARTS) is 1. The number of carboxylic acids is 1. The molecule has 0 radical (unpaired) electrons. The molecule has 2 rings (SSSR count). The Morgan fingerprint density at radius 2 is 1.95 bits per heavy atom. The molecule has 1 fully saturated rings. The molecule has 0 aromatic carbocycles. The molecule has 0 unspecified atom stereocenters. The van der Waals surface area contributed by atoms with E-state index in [1.165, 1.54) is 12.3 Å². The van der Waals surface area contributed by atoms with Crippen LogP contribution in [0.5, 0.6) is 0 Å². The fourth-order valence-electron chi connectivity index (χ4n) is 2.24. The summed E-state index contributed by atoms with van der Waals surface area (Å²) in [7, 11) is -3.61. The maximum absolute atomic E-state index is 12.0. The van der Waals surface area contributed by atoms with E-state index < -0.39 is 16.0 Å². The van der Waals surface area contributed by atoms with E-state index in [-0.39, 0.29) is 17.0 Å². The minimum atomic E-state index is -3.61. The minimum Gasteiger partial charge on any atom is -0.481 e. The van der Waals surface area contributed by atoms with Crippen molar-refractivity contribution >= 4 is 16.0 Å². The van der Waals surface area contributed by atoms with E-state index in [1.54, 1.807) is 12.1 Å². The van der Waals surface area contributed by atoms with E-state index >= 15 is 0 Å². The third kappa shape index (κ3) is 3.51. The van der Waals surface area contributed by atoms with Crippen molar-refractivity contribution in [2.45, 2.75) is 36.8 Å². The summed E-state index contributed by atoms with van der Waals surface area (Å²) in [4.78, 5) is 14.6. The Bertz CT molecular complexity index is 536. The van der Waals surface area contributed by atoms with E-state index in [0.717, 1.165) is 0 Å². The molecule has 0 saturated heterocycles. The smallest absolute Gasteiger partial charge is 0.306 e. The van der Waals surface area contributed by atoms with Gasteiger partial charge in [0.2, 0.25) is 0 Å². The zero-order valence-electron chi connectivity index (χ0n) is 10.3. The predicted octanol–water partition coefficient (Wildman–Crippen LogP) is 1.00. The van der Waals surface area contributed by atoms with Gasteiger partial charge in [0.15, 0.2) is 5.03 Å². The Morgan fingerprint density at radius 3 is 2.47 bits per heavy atom. The molecule has 0 atom stereocenters. The van der Waals surface area contributed by atoms with Crippen molar-refractivity contribution in [2.75, 3.05) is 0 Å². The minimum absolute atomic E-state index is 0.00430. The van der Waals surface area contributed by atoms with E-state index in [4.69, 9.17) is 5.11 Å². The summed E-state index contributed by atoms with van der Waals surface area (Å²) in [5.74, 6) is -1.15. The van der Waals surface area contributed by atoms with Crippen molar-refractivity contribution in [3.8, 4) is 0 Å². The normalized spacial score (nSPS) is 24.0. The summed E-state index contributed by atoms with van der Waals surface area (Å²) < 4.78 is 26.6. The van der Waals surface area contributed by atoms with Gasteiger partial charge in [-0.2, -0.15) is 0 Å². The van der Waals surface area contributed by atoms with Crippen molar-refractivity contribution in [3.05, 3.63) is 24.4 Å². The third-order valence-electron chi connectivity index (χ3n) is 3.31. The van der Waals surface area contributed by atoms with Crippen LogP contribution in [-0.2, 0) is 14.8 Å². The summed E-state index contributed by atoms with van der Waals surface area (Å²) in [6.07, 6.45) is 3.53. The van der Waals surface area contributed by atoms with Crippen molar-refractivity contribution in [3.63, 3.8) is 0 Å². The highest BCUT2D eigenvalue weighted by Gasteiger charge is 2.29. The molecule has 0 spiro atoms.